The van der Waals surface area contributed by atoms with Crippen molar-refractivity contribution in [3.05, 3.63) is 60.1 Å². The van der Waals surface area contributed by atoms with Crippen LogP contribution in [0.4, 0.5) is 5.82 Å². The van der Waals surface area contributed by atoms with Crippen LogP contribution in [0.25, 0.3) is 16.5 Å². The highest BCUT2D eigenvalue weighted by molar-refractivity contribution is 7.13. The van der Waals surface area contributed by atoms with Crippen LogP contribution in [-0.2, 0) is 0 Å². The van der Waals surface area contributed by atoms with Crippen LogP contribution >= 0.6 is 11.3 Å². The fourth-order valence-electron chi connectivity index (χ4n) is 2.04. The SMILES string of the molecule is O=C(Nc1cc(-n2cccn2)ncn1)c1cc(-c2cccs2)on1. The minimum Gasteiger partial charge on any atom is -0.355 e. The number of carbonyl (C=O) groups excluding carboxylic acids is 1. The van der Waals surface area contributed by atoms with E-state index in [9.17, 15) is 4.79 Å². The average molecular weight is 338 g/mol. The third-order valence-electron chi connectivity index (χ3n) is 3.14. The third-order valence-corrected chi connectivity index (χ3v) is 4.02. The summed E-state index contributed by atoms with van der Waals surface area (Å²) < 4.78 is 6.77. The van der Waals surface area contributed by atoms with E-state index in [-0.39, 0.29) is 5.69 Å². The smallest absolute Gasteiger partial charge is 0.279 e. The summed E-state index contributed by atoms with van der Waals surface area (Å²) in [5.74, 6) is 1.03. The van der Waals surface area contributed by atoms with Crippen molar-refractivity contribution in [3.8, 4) is 16.5 Å². The summed E-state index contributed by atoms with van der Waals surface area (Å²) in [6, 6.07) is 8.79. The van der Waals surface area contributed by atoms with Crippen LogP contribution in [0.1, 0.15) is 10.5 Å². The van der Waals surface area contributed by atoms with E-state index in [1.807, 2.05) is 17.5 Å². The highest BCUT2D eigenvalue weighted by Crippen LogP contribution is 2.25. The van der Waals surface area contributed by atoms with Gasteiger partial charge in [-0.2, -0.15) is 5.10 Å². The minimum absolute atomic E-state index is 0.178. The summed E-state index contributed by atoms with van der Waals surface area (Å²) in [7, 11) is 0. The number of nitrogens with zero attached hydrogens (tertiary/aromatic N) is 5. The molecule has 0 atom stereocenters. The van der Waals surface area contributed by atoms with Crippen molar-refractivity contribution in [1.29, 1.82) is 0 Å². The van der Waals surface area contributed by atoms with Gasteiger partial charge in [-0.3, -0.25) is 4.79 Å². The summed E-state index contributed by atoms with van der Waals surface area (Å²) in [4.78, 5) is 21.3. The largest absolute Gasteiger partial charge is 0.355 e. The Morgan fingerprint density at radius 2 is 2.21 bits per heavy atom. The summed E-state index contributed by atoms with van der Waals surface area (Å²) >= 11 is 1.51. The standard InChI is InChI=1S/C15H10N6O2S/c22-15(10-7-11(23-20-10)12-3-1-6-24-12)19-13-8-14(17-9-16-13)21-5-2-4-18-21/h1-9H,(H,16,17,19,22). The van der Waals surface area contributed by atoms with Gasteiger partial charge in [0, 0.05) is 24.5 Å². The number of hydrogen-bond acceptors (Lipinski definition) is 7. The Labute approximate surface area is 139 Å². The lowest BCUT2D eigenvalue weighted by atomic mass is 10.3. The molecule has 0 unspecified atom stereocenters. The fourth-order valence-corrected chi connectivity index (χ4v) is 2.72. The number of anilines is 1. The molecule has 0 bridgehead atoms. The molecule has 118 valence electrons. The maximum Gasteiger partial charge on any atom is 0.279 e. The monoisotopic (exact) mass is 338 g/mol. The first-order valence-electron chi connectivity index (χ1n) is 6.93. The Hall–Kier alpha value is -3.33. The van der Waals surface area contributed by atoms with E-state index < -0.39 is 5.91 Å². The molecule has 0 aliphatic heterocycles. The minimum atomic E-state index is -0.410. The number of carbonyl (C=O) groups is 1. The molecule has 4 rings (SSSR count). The van der Waals surface area contributed by atoms with Gasteiger partial charge in [0.05, 0.1) is 4.88 Å². The number of hydrogen-bond donors (Lipinski definition) is 1. The molecule has 4 aromatic heterocycles. The zero-order valence-corrected chi connectivity index (χ0v) is 13.0. The van der Waals surface area contributed by atoms with Crippen LogP contribution < -0.4 is 5.32 Å². The van der Waals surface area contributed by atoms with Crippen LogP contribution in [0.2, 0.25) is 0 Å². The van der Waals surface area contributed by atoms with Gasteiger partial charge in [0.15, 0.2) is 17.3 Å². The van der Waals surface area contributed by atoms with Crippen molar-refractivity contribution < 1.29 is 9.32 Å². The van der Waals surface area contributed by atoms with Crippen molar-refractivity contribution >= 4 is 23.1 Å². The number of rotatable bonds is 4. The quantitative estimate of drug-likeness (QED) is 0.614. The summed E-state index contributed by atoms with van der Waals surface area (Å²) in [5.41, 5.74) is 0.178. The molecule has 0 aromatic carbocycles. The van der Waals surface area contributed by atoms with Gasteiger partial charge in [0.2, 0.25) is 0 Å². The van der Waals surface area contributed by atoms with Crippen LogP contribution in [-0.4, -0.2) is 30.8 Å². The first-order chi connectivity index (χ1) is 11.8. The van der Waals surface area contributed by atoms with Crippen LogP contribution in [0.3, 0.4) is 0 Å². The fraction of sp³-hybridized carbons (Fsp3) is 0. The van der Waals surface area contributed by atoms with Gasteiger partial charge < -0.3 is 9.84 Å². The van der Waals surface area contributed by atoms with E-state index in [4.69, 9.17) is 4.52 Å². The average Bonchev–Trinajstić information content (AvgIpc) is 3.36. The molecular weight excluding hydrogens is 328 g/mol. The van der Waals surface area contributed by atoms with Crippen molar-refractivity contribution in [3.63, 3.8) is 0 Å². The predicted octanol–water partition coefficient (Wildman–Crippen LogP) is 2.63. The molecule has 0 fully saturated rings. The normalized spacial score (nSPS) is 10.7. The molecule has 0 saturated heterocycles. The maximum atomic E-state index is 12.3. The zero-order chi connectivity index (χ0) is 16.4. The van der Waals surface area contributed by atoms with E-state index in [2.05, 4.69) is 25.5 Å². The van der Waals surface area contributed by atoms with Crippen molar-refractivity contribution in [2.45, 2.75) is 0 Å². The number of aromatic nitrogens is 5. The molecular formula is C15H10N6O2S. The molecule has 0 aliphatic rings. The Balaban J connectivity index is 1.53. The molecule has 9 heteroatoms. The molecule has 0 aliphatic carbocycles. The van der Waals surface area contributed by atoms with Gasteiger partial charge in [0.1, 0.15) is 12.1 Å². The molecule has 4 heterocycles. The molecule has 1 N–H and O–H groups in total. The first-order valence-corrected chi connectivity index (χ1v) is 7.81. The Bertz CT molecular complexity index is 962. The van der Waals surface area contributed by atoms with E-state index in [0.717, 1.165) is 4.88 Å². The lowest BCUT2D eigenvalue weighted by Gasteiger charge is -2.04. The molecule has 0 saturated carbocycles. The second-order valence-corrected chi connectivity index (χ2v) is 5.67. The van der Waals surface area contributed by atoms with Gasteiger partial charge in [-0.15, -0.1) is 11.3 Å². The summed E-state index contributed by atoms with van der Waals surface area (Å²) in [6.45, 7) is 0. The second-order valence-electron chi connectivity index (χ2n) is 4.72. The van der Waals surface area contributed by atoms with Crippen LogP contribution in [0, 0.1) is 0 Å². The van der Waals surface area contributed by atoms with Crippen LogP contribution in [0.5, 0.6) is 0 Å². The van der Waals surface area contributed by atoms with Gasteiger partial charge in [0.25, 0.3) is 5.91 Å². The second kappa shape index (κ2) is 6.05. The molecule has 4 aromatic rings. The molecule has 0 radical (unpaired) electrons. The van der Waals surface area contributed by atoms with Crippen molar-refractivity contribution in [1.82, 2.24) is 24.9 Å². The van der Waals surface area contributed by atoms with E-state index in [0.29, 0.717) is 17.4 Å². The van der Waals surface area contributed by atoms with Gasteiger partial charge in [-0.25, -0.2) is 14.6 Å². The highest BCUT2D eigenvalue weighted by atomic mass is 32.1. The van der Waals surface area contributed by atoms with Gasteiger partial charge in [-0.05, 0) is 17.5 Å². The number of amides is 1. The van der Waals surface area contributed by atoms with E-state index in [1.54, 1.807) is 35.3 Å². The number of thiophene rings is 1. The molecule has 8 nitrogen and oxygen atoms in total. The highest BCUT2D eigenvalue weighted by Gasteiger charge is 2.15. The maximum absolute atomic E-state index is 12.3. The predicted molar refractivity (Wildman–Crippen MR) is 86.9 cm³/mol. The van der Waals surface area contributed by atoms with Gasteiger partial charge >= 0.3 is 0 Å². The molecule has 24 heavy (non-hydrogen) atoms. The third kappa shape index (κ3) is 2.79. The summed E-state index contributed by atoms with van der Waals surface area (Å²) in [6.07, 6.45) is 4.74. The number of nitrogens with one attached hydrogen (secondary N) is 1. The van der Waals surface area contributed by atoms with Gasteiger partial charge in [-0.1, -0.05) is 11.2 Å². The lowest BCUT2D eigenvalue weighted by molar-refractivity contribution is 0.101. The Morgan fingerprint density at radius 1 is 1.25 bits per heavy atom. The zero-order valence-electron chi connectivity index (χ0n) is 12.2. The van der Waals surface area contributed by atoms with E-state index >= 15 is 0 Å². The lowest BCUT2D eigenvalue weighted by Crippen LogP contribution is -2.14. The Kier molecular flexibility index (Phi) is 3.60. The summed E-state index contributed by atoms with van der Waals surface area (Å²) in [5, 5.41) is 12.5. The molecule has 0 spiro atoms. The Morgan fingerprint density at radius 3 is 3.00 bits per heavy atom. The topological polar surface area (TPSA) is 98.7 Å². The first kappa shape index (κ1) is 14.3. The van der Waals surface area contributed by atoms with Crippen LogP contribution in [0.15, 0.2) is 59.0 Å². The molecule has 1 amide bonds. The van der Waals surface area contributed by atoms with Crippen molar-refractivity contribution in [2.75, 3.05) is 5.32 Å². The van der Waals surface area contributed by atoms with E-state index in [1.165, 1.54) is 17.7 Å². The van der Waals surface area contributed by atoms with Crippen molar-refractivity contribution in [2.24, 2.45) is 0 Å².